The van der Waals surface area contributed by atoms with Crippen LogP contribution < -0.4 is 9.47 Å². The van der Waals surface area contributed by atoms with Crippen molar-refractivity contribution < 1.29 is 19.1 Å². The van der Waals surface area contributed by atoms with Crippen LogP contribution in [0.2, 0.25) is 0 Å². The van der Waals surface area contributed by atoms with Crippen molar-refractivity contribution in [2.24, 2.45) is 11.8 Å². The molecule has 1 atom stereocenters. The molecule has 0 saturated heterocycles. The number of carbonyl (C=O) groups is 2. The number of esters is 2. The Labute approximate surface area is 221 Å². The van der Waals surface area contributed by atoms with Crippen molar-refractivity contribution in [1.29, 1.82) is 0 Å². The van der Waals surface area contributed by atoms with Gasteiger partial charge in [-0.3, -0.25) is 9.59 Å². The van der Waals surface area contributed by atoms with Crippen LogP contribution in [-0.4, -0.2) is 21.9 Å². The maximum Gasteiger partial charge on any atom is 0.311 e. The van der Waals surface area contributed by atoms with Gasteiger partial charge in [-0.05, 0) is 79.8 Å². The average molecular weight is 547 g/mol. The van der Waals surface area contributed by atoms with Gasteiger partial charge in [0, 0.05) is 25.0 Å². The summed E-state index contributed by atoms with van der Waals surface area (Å²) < 4.78 is 14.4. The number of aromatic nitrogens is 2. The third kappa shape index (κ3) is 7.07. The second-order valence-electron chi connectivity index (χ2n) is 8.73. The summed E-state index contributed by atoms with van der Waals surface area (Å²) in [6, 6.07) is 10.9. The fourth-order valence-electron chi connectivity index (χ4n) is 3.97. The van der Waals surface area contributed by atoms with Gasteiger partial charge in [-0.1, -0.05) is 13.8 Å². The molecule has 0 amide bonds. The Morgan fingerprint density at radius 3 is 1.86 bits per heavy atom. The molecule has 0 fully saturated rings. The lowest BCUT2D eigenvalue weighted by molar-refractivity contribution is -0.136. The number of hydrogen-bond donors (Lipinski definition) is 2. The Morgan fingerprint density at radius 2 is 1.34 bits per heavy atom. The molecular formula is C25H26N2O4S4. The van der Waals surface area contributed by atoms with Crippen LogP contribution in [0.1, 0.15) is 46.0 Å². The molecule has 0 radical (unpaired) electrons. The number of fused-ring (bicyclic) bond motifs is 2. The first-order chi connectivity index (χ1) is 16.8. The van der Waals surface area contributed by atoms with Crippen molar-refractivity contribution in [3.05, 3.63) is 44.3 Å². The van der Waals surface area contributed by atoms with Crippen LogP contribution in [0, 0.1) is 19.7 Å². The summed E-state index contributed by atoms with van der Waals surface area (Å²) in [5.41, 5.74) is 1.88. The van der Waals surface area contributed by atoms with E-state index in [4.69, 9.17) is 33.9 Å². The number of nitrogens with one attached hydrogen (secondary N) is 2. The summed E-state index contributed by atoms with van der Waals surface area (Å²) in [5.74, 6) is 1.26. The molecule has 0 aliphatic carbocycles. The number of rotatable bonds is 10. The van der Waals surface area contributed by atoms with Crippen LogP contribution in [0.4, 0.5) is 0 Å². The minimum absolute atomic E-state index is 0.253. The van der Waals surface area contributed by atoms with E-state index >= 15 is 0 Å². The van der Waals surface area contributed by atoms with Gasteiger partial charge in [0.25, 0.3) is 0 Å². The number of thiazole rings is 2. The standard InChI is InChI=1S/C25H26N2O4S4/c1-14(2)15(6-11-23(29)31-17-8-10-19-21(13-17)35-25(33)27-19)4-3-5-22(28)30-16-7-9-18-20(12-16)34-24(32)26-18/h7-10,12-15H,3-6,11H2,1-2H3,(H,26,32)(H,27,33). The van der Waals surface area contributed by atoms with Crippen LogP contribution in [0.15, 0.2) is 36.4 Å². The molecule has 10 heteroatoms. The predicted octanol–water partition coefficient (Wildman–Crippen LogP) is 7.96. The number of aromatic amines is 2. The van der Waals surface area contributed by atoms with Gasteiger partial charge in [0.2, 0.25) is 0 Å². The first kappa shape index (κ1) is 25.7. The summed E-state index contributed by atoms with van der Waals surface area (Å²) in [7, 11) is 0. The molecule has 0 aliphatic rings. The zero-order valence-corrected chi connectivity index (χ0v) is 22.7. The first-order valence-corrected chi connectivity index (χ1v) is 13.9. The van der Waals surface area contributed by atoms with E-state index in [2.05, 4.69) is 23.8 Å². The Balaban J connectivity index is 1.22. The summed E-state index contributed by atoms with van der Waals surface area (Å²) in [6.45, 7) is 4.28. The fraction of sp³-hybridized carbons (Fsp3) is 0.360. The monoisotopic (exact) mass is 546 g/mol. The summed E-state index contributed by atoms with van der Waals surface area (Å²) in [4.78, 5) is 31.0. The van der Waals surface area contributed by atoms with E-state index in [1.807, 2.05) is 24.3 Å². The average Bonchev–Trinajstić information content (AvgIpc) is 3.35. The minimum atomic E-state index is -0.256. The molecule has 2 N–H and O–H groups in total. The molecule has 2 aromatic heterocycles. The molecule has 0 saturated carbocycles. The van der Waals surface area contributed by atoms with Crippen molar-refractivity contribution in [2.75, 3.05) is 0 Å². The molecule has 184 valence electrons. The maximum absolute atomic E-state index is 12.4. The summed E-state index contributed by atoms with van der Waals surface area (Å²) in [6.07, 6.45) is 2.92. The number of hydrogen-bond acceptors (Lipinski definition) is 8. The quantitative estimate of drug-likeness (QED) is 0.119. The third-order valence-corrected chi connectivity index (χ3v) is 8.26. The fourth-order valence-corrected chi connectivity index (χ4v) is 6.25. The SMILES string of the molecule is CC(C)C(CCCC(=O)Oc1ccc2[nH]c(=S)sc2c1)CCC(=O)Oc1ccc2[nH]c(=S)sc2c1. The molecule has 0 bridgehead atoms. The Hall–Kier alpha value is -2.40. The molecule has 6 nitrogen and oxygen atoms in total. The zero-order valence-electron chi connectivity index (χ0n) is 19.4. The molecule has 35 heavy (non-hydrogen) atoms. The lowest BCUT2D eigenvalue weighted by atomic mass is 9.87. The van der Waals surface area contributed by atoms with Crippen LogP contribution in [0.3, 0.4) is 0 Å². The highest BCUT2D eigenvalue weighted by Gasteiger charge is 2.17. The van der Waals surface area contributed by atoms with Gasteiger partial charge in [0.05, 0.1) is 20.4 Å². The van der Waals surface area contributed by atoms with Crippen LogP contribution in [0.5, 0.6) is 11.5 Å². The molecular weight excluding hydrogens is 521 g/mol. The Kier molecular flexibility index (Phi) is 8.48. The van der Waals surface area contributed by atoms with Crippen LogP contribution >= 0.6 is 47.1 Å². The predicted molar refractivity (Wildman–Crippen MR) is 147 cm³/mol. The van der Waals surface area contributed by atoms with E-state index in [0.717, 1.165) is 26.9 Å². The summed E-state index contributed by atoms with van der Waals surface area (Å²) >= 11 is 13.2. The molecule has 2 heterocycles. The van der Waals surface area contributed by atoms with Crippen molar-refractivity contribution in [1.82, 2.24) is 9.97 Å². The van der Waals surface area contributed by atoms with E-state index in [1.165, 1.54) is 22.7 Å². The molecule has 0 spiro atoms. The van der Waals surface area contributed by atoms with Crippen molar-refractivity contribution in [3.63, 3.8) is 0 Å². The van der Waals surface area contributed by atoms with Crippen molar-refractivity contribution >= 4 is 79.5 Å². The Bertz CT molecular complexity index is 1460. The van der Waals surface area contributed by atoms with E-state index in [-0.39, 0.29) is 11.9 Å². The second-order valence-corrected chi connectivity index (χ2v) is 12.2. The number of H-pyrrole nitrogens is 2. The number of benzene rings is 2. The van der Waals surface area contributed by atoms with E-state index in [9.17, 15) is 9.59 Å². The highest BCUT2D eigenvalue weighted by Crippen LogP contribution is 2.28. The smallest absolute Gasteiger partial charge is 0.311 e. The van der Waals surface area contributed by atoms with Crippen LogP contribution in [0.25, 0.3) is 20.4 Å². The molecule has 4 rings (SSSR count). The third-order valence-electron chi connectivity index (χ3n) is 5.87. The molecule has 0 aliphatic heterocycles. The lowest BCUT2D eigenvalue weighted by Crippen LogP contribution is -2.15. The topological polar surface area (TPSA) is 84.2 Å². The van der Waals surface area contributed by atoms with Gasteiger partial charge in [-0.2, -0.15) is 0 Å². The zero-order chi connectivity index (χ0) is 24.9. The first-order valence-electron chi connectivity index (χ1n) is 11.4. The van der Waals surface area contributed by atoms with E-state index < -0.39 is 0 Å². The van der Waals surface area contributed by atoms with Gasteiger partial charge >= 0.3 is 11.9 Å². The lowest BCUT2D eigenvalue weighted by Gasteiger charge is -2.20. The van der Waals surface area contributed by atoms with Gasteiger partial charge in [-0.25, -0.2) is 0 Å². The second kappa shape index (κ2) is 11.6. The van der Waals surface area contributed by atoms with Gasteiger partial charge in [-0.15, -0.1) is 22.7 Å². The highest BCUT2D eigenvalue weighted by molar-refractivity contribution is 7.74. The normalized spacial score (nSPS) is 12.3. The minimum Gasteiger partial charge on any atom is -0.426 e. The van der Waals surface area contributed by atoms with Gasteiger partial charge < -0.3 is 19.4 Å². The summed E-state index contributed by atoms with van der Waals surface area (Å²) in [5, 5.41) is 0. The van der Waals surface area contributed by atoms with Crippen molar-refractivity contribution in [3.8, 4) is 11.5 Å². The molecule has 1 unspecified atom stereocenters. The van der Waals surface area contributed by atoms with Crippen LogP contribution in [-0.2, 0) is 9.59 Å². The van der Waals surface area contributed by atoms with Gasteiger partial charge in [0.1, 0.15) is 11.5 Å². The van der Waals surface area contributed by atoms with Crippen molar-refractivity contribution in [2.45, 2.75) is 46.0 Å². The Morgan fingerprint density at radius 1 is 0.829 bits per heavy atom. The highest BCUT2D eigenvalue weighted by atomic mass is 32.2. The number of carbonyl (C=O) groups excluding carboxylic acids is 2. The van der Waals surface area contributed by atoms with Gasteiger partial charge in [0.15, 0.2) is 7.91 Å². The van der Waals surface area contributed by atoms with E-state index in [0.29, 0.717) is 56.9 Å². The molecule has 2 aromatic carbocycles. The maximum atomic E-state index is 12.4. The van der Waals surface area contributed by atoms with E-state index in [1.54, 1.807) is 12.1 Å². The number of ether oxygens (including phenoxy) is 2. The molecule has 4 aromatic rings. The largest absolute Gasteiger partial charge is 0.426 e.